The second-order valence-corrected chi connectivity index (χ2v) is 13.5. The van der Waals surface area contributed by atoms with Gasteiger partial charge in [-0.15, -0.1) is 0 Å². The third-order valence-electron chi connectivity index (χ3n) is 9.71. The number of allylic oxidation sites excluding steroid dienone is 2. The van der Waals surface area contributed by atoms with Gasteiger partial charge in [0.1, 0.15) is 34.1 Å². The van der Waals surface area contributed by atoms with Crippen molar-refractivity contribution < 1.29 is 57.1 Å². The number of carbonyl (C=O) groups is 2. The number of aliphatic hydroxyl groups is 2. The van der Waals surface area contributed by atoms with E-state index in [4.69, 9.17) is 37.3 Å². The molecule has 4 aromatic carbocycles. The van der Waals surface area contributed by atoms with Crippen LogP contribution in [-0.2, 0) is 22.7 Å². The molecule has 0 saturated carbocycles. The lowest BCUT2D eigenvalue weighted by molar-refractivity contribution is 0.0491. The van der Waals surface area contributed by atoms with Crippen LogP contribution in [0, 0.1) is 0 Å². The van der Waals surface area contributed by atoms with Crippen molar-refractivity contribution in [2.75, 3.05) is 41.7 Å². The van der Waals surface area contributed by atoms with Gasteiger partial charge in [0.05, 0.1) is 54.9 Å². The van der Waals surface area contributed by atoms with Crippen molar-refractivity contribution in [3.05, 3.63) is 107 Å². The van der Waals surface area contributed by atoms with E-state index in [9.17, 15) is 19.8 Å². The third-order valence-corrected chi connectivity index (χ3v) is 9.71. The number of rotatable bonds is 20. The Balaban J connectivity index is 0.983. The van der Waals surface area contributed by atoms with Gasteiger partial charge >= 0.3 is 11.9 Å². The van der Waals surface area contributed by atoms with Crippen LogP contribution >= 0.6 is 0 Å². The fourth-order valence-corrected chi connectivity index (χ4v) is 6.67. The largest absolute Gasteiger partial charge is 0.497 e. The van der Waals surface area contributed by atoms with Gasteiger partial charge in [-0.05, 0) is 122 Å². The molecule has 0 spiro atoms. The van der Waals surface area contributed by atoms with Crippen LogP contribution in [0.4, 0.5) is 0 Å². The van der Waals surface area contributed by atoms with Crippen molar-refractivity contribution in [1.82, 2.24) is 0 Å². The first kappa shape index (κ1) is 41.4. The van der Waals surface area contributed by atoms with E-state index in [-0.39, 0.29) is 37.6 Å². The molecule has 0 unspecified atom stereocenters. The van der Waals surface area contributed by atoms with Gasteiger partial charge in [-0.3, -0.25) is 0 Å². The van der Waals surface area contributed by atoms with Gasteiger partial charge in [0, 0.05) is 21.9 Å². The summed E-state index contributed by atoms with van der Waals surface area (Å²) in [5.74, 6) is 1.80. The molecule has 0 aliphatic carbocycles. The van der Waals surface area contributed by atoms with Crippen molar-refractivity contribution in [2.45, 2.75) is 51.7 Å². The van der Waals surface area contributed by atoms with E-state index in [1.165, 1.54) is 14.2 Å². The molecule has 2 heterocycles. The molecular weight excluding hydrogens is 744 g/mol. The zero-order valence-corrected chi connectivity index (χ0v) is 33.1. The summed E-state index contributed by atoms with van der Waals surface area (Å²) < 4.78 is 45.5. The molecule has 0 bridgehead atoms. The highest BCUT2D eigenvalue weighted by Gasteiger charge is 2.28. The lowest BCUT2D eigenvalue weighted by Gasteiger charge is -2.07. The number of esters is 2. The number of hydrogen-bond donors (Lipinski definition) is 2. The topological polar surface area (TPSA) is 156 Å². The quantitative estimate of drug-likeness (QED) is 0.0430. The lowest BCUT2D eigenvalue weighted by atomic mass is 10.0. The SMILES string of the molecule is COc1ccc(-c2oc3c(OC)cc(CO)cc3c2C(=O)OCCCC/C=C\CCCCOC(=O)c2c(-c3ccc(OC)cc3)oc3c(OC)cc(CO)cc23)cc1. The van der Waals surface area contributed by atoms with Crippen LogP contribution in [0.25, 0.3) is 44.6 Å². The van der Waals surface area contributed by atoms with Crippen molar-refractivity contribution in [3.8, 4) is 45.6 Å². The Morgan fingerprint density at radius 2 is 0.948 bits per heavy atom. The number of furan rings is 2. The average molecular weight is 793 g/mol. The normalized spacial score (nSPS) is 11.3. The summed E-state index contributed by atoms with van der Waals surface area (Å²) in [5.41, 5.74) is 3.82. The fraction of sp³-hybridized carbons (Fsp3) is 0.304. The van der Waals surface area contributed by atoms with E-state index in [0.29, 0.717) is 91.6 Å². The maximum atomic E-state index is 13.5. The van der Waals surface area contributed by atoms with Crippen LogP contribution in [0.15, 0.2) is 93.8 Å². The number of methoxy groups -OCH3 is 4. The van der Waals surface area contributed by atoms with Crippen molar-refractivity contribution >= 4 is 33.9 Å². The summed E-state index contributed by atoms with van der Waals surface area (Å²) in [6.07, 6.45) is 8.81. The van der Waals surface area contributed by atoms with Gasteiger partial charge < -0.3 is 47.5 Å². The van der Waals surface area contributed by atoms with E-state index in [0.717, 1.165) is 25.7 Å². The molecule has 304 valence electrons. The van der Waals surface area contributed by atoms with Crippen molar-refractivity contribution in [1.29, 1.82) is 0 Å². The smallest absolute Gasteiger partial charge is 0.342 e. The Morgan fingerprint density at radius 3 is 1.29 bits per heavy atom. The van der Waals surface area contributed by atoms with Gasteiger partial charge in [0.15, 0.2) is 22.7 Å². The predicted octanol–water partition coefficient (Wildman–Crippen LogP) is 9.44. The Hall–Kier alpha value is -6.24. The van der Waals surface area contributed by atoms with Gasteiger partial charge in [-0.25, -0.2) is 9.59 Å². The highest BCUT2D eigenvalue weighted by Crippen LogP contribution is 2.41. The molecule has 2 aromatic heterocycles. The van der Waals surface area contributed by atoms with Crippen LogP contribution < -0.4 is 18.9 Å². The summed E-state index contributed by atoms with van der Waals surface area (Å²) in [6, 6.07) is 21.2. The zero-order chi connectivity index (χ0) is 41.0. The second-order valence-electron chi connectivity index (χ2n) is 13.5. The number of carbonyl (C=O) groups excluding carboxylic acids is 2. The molecule has 12 heteroatoms. The number of hydrogen-bond acceptors (Lipinski definition) is 12. The van der Waals surface area contributed by atoms with Crippen LogP contribution in [0.1, 0.15) is 70.4 Å². The van der Waals surface area contributed by atoms with Gasteiger partial charge in [0.25, 0.3) is 0 Å². The molecule has 6 aromatic rings. The molecule has 0 aliphatic heterocycles. The molecule has 6 rings (SSSR count). The van der Waals surface area contributed by atoms with E-state index in [1.54, 1.807) is 87.0 Å². The number of benzene rings is 4. The van der Waals surface area contributed by atoms with Crippen molar-refractivity contribution in [3.63, 3.8) is 0 Å². The molecule has 0 atom stereocenters. The molecule has 0 aliphatic rings. The molecule has 58 heavy (non-hydrogen) atoms. The maximum Gasteiger partial charge on any atom is 0.342 e. The summed E-state index contributed by atoms with van der Waals surface area (Å²) in [5, 5.41) is 20.7. The van der Waals surface area contributed by atoms with E-state index >= 15 is 0 Å². The van der Waals surface area contributed by atoms with Gasteiger partial charge in [-0.1, -0.05) is 12.2 Å². The predicted molar refractivity (Wildman–Crippen MR) is 219 cm³/mol. The van der Waals surface area contributed by atoms with Gasteiger partial charge in [0.2, 0.25) is 0 Å². The number of unbranched alkanes of at least 4 members (excludes halogenated alkanes) is 4. The minimum absolute atomic E-state index is 0.226. The second kappa shape index (κ2) is 19.8. The van der Waals surface area contributed by atoms with E-state index in [1.807, 2.05) is 0 Å². The third kappa shape index (κ3) is 9.30. The zero-order valence-electron chi connectivity index (χ0n) is 33.1. The van der Waals surface area contributed by atoms with Crippen LogP contribution in [0.5, 0.6) is 23.0 Å². The summed E-state index contributed by atoms with van der Waals surface area (Å²) in [7, 11) is 6.18. The van der Waals surface area contributed by atoms with Gasteiger partial charge in [-0.2, -0.15) is 0 Å². The highest BCUT2D eigenvalue weighted by atomic mass is 16.5. The molecule has 0 fully saturated rings. The van der Waals surface area contributed by atoms with Crippen LogP contribution in [0.3, 0.4) is 0 Å². The van der Waals surface area contributed by atoms with E-state index < -0.39 is 11.9 Å². The Kier molecular flexibility index (Phi) is 14.1. The number of aliphatic hydroxyl groups excluding tert-OH is 2. The van der Waals surface area contributed by atoms with Crippen molar-refractivity contribution in [2.24, 2.45) is 0 Å². The Morgan fingerprint density at radius 1 is 0.552 bits per heavy atom. The minimum Gasteiger partial charge on any atom is -0.497 e. The first-order chi connectivity index (χ1) is 28.3. The molecule has 12 nitrogen and oxygen atoms in total. The van der Waals surface area contributed by atoms with E-state index in [2.05, 4.69) is 12.2 Å². The lowest BCUT2D eigenvalue weighted by Crippen LogP contribution is -2.07. The summed E-state index contributed by atoms with van der Waals surface area (Å²) in [4.78, 5) is 27.1. The number of fused-ring (bicyclic) bond motifs is 2. The van der Waals surface area contributed by atoms with Crippen LogP contribution in [-0.4, -0.2) is 63.8 Å². The average Bonchev–Trinajstić information content (AvgIpc) is 3.85. The highest BCUT2D eigenvalue weighted by molar-refractivity contribution is 6.11. The Bertz CT molecular complexity index is 2180. The minimum atomic E-state index is -0.523. The molecule has 2 N–H and O–H groups in total. The summed E-state index contributed by atoms with van der Waals surface area (Å²) in [6.45, 7) is -0.0102. The molecule has 0 saturated heterocycles. The summed E-state index contributed by atoms with van der Waals surface area (Å²) >= 11 is 0. The molecular formula is C46H48O12. The first-order valence-corrected chi connectivity index (χ1v) is 19.1. The molecule has 0 radical (unpaired) electrons. The standard InChI is InChI=1S/C46H48O12/c1-51-33-17-13-31(14-18-33)41-39(35-23-29(27-47)25-37(53-3)43(35)57-41)45(49)55-21-11-9-7-5-6-8-10-12-22-56-46(50)40-36-24-30(28-48)26-38(54-4)44(36)58-42(40)32-15-19-34(52-2)20-16-32/h5-6,13-20,23-26,47-48H,7-12,21-22,27-28H2,1-4H3/b6-5-. The Labute approximate surface area is 336 Å². The first-order valence-electron chi connectivity index (χ1n) is 19.1. The number of ether oxygens (including phenoxy) is 6. The monoisotopic (exact) mass is 792 g/mol. The van der Waals surface area contributed by atoms with Crippen LogP contribution in [0.2, 0.25) is 0 Å². The maximum absolute atomic E-state index is 13.5. The molecule has 0 amide bonds. The fourth-order valence-electron chi connectivity index (χ4n) is 6.67.